The number of aryl methyl sites for hydroxylation is 1. The van der Waals surface area contributed by atoms with Crippen LogP contribution in [0.4, 0.5) is 19.0 Å². The van der Waals surface area contributed by atoms with E-state index in [0.717, 1.165) is 12.1 Å². The molecule has 114 valence electrons. The maximum atomic E-state index is 12.9. The Bertz CT molecular complexity index is 872. The van der Waals surface area contributed by atoms with Crippen LogP contribution in [0, 0.1) is 0 Å². The van der Waals surface area contributed by atoms with Gasteiger partial charge in [-0.3, -0.25) is 0 Å². The zero-order valence-corrected chi connectivity index (χ0v) is 11.3. The highest BCUT2D eigenvalue weighted by molar-refractivity contribution is 5.87. The topological polar surface area (TPSA) is 89.9 Å². The SMILES string of the molecule is Cn1nnc2c(N)nc(-c3ccc(O)c(C(F)(F)F)c3)cc21. The van der Waals surface area contributed by atoms with Gasteiger partial charge in [0.1, 0.15) is 5.75 Å². The van der Waals surface area contributed by atoms with Crippen LogP contribution in [0.3, 0.4) is 0 Å². The average Bonchev–Trinajstić information content (AvgIpc) is 2.80. The van der Waals surface area contributed by atoms with Crippen molar-refractivity contribution in [3.63, 3.8) is 0 Å². The lowest BCUT2D eigenvalue weighted by molar-refractivity contribution is -0.138. The van der Waals surface area contributed by atoms with Gasteiger partial charge in [0.25, 0.3) is 0 Å². The molecule has 0 bridgehead atoms. The van der Waals surface area contributed by atoms with Crippen molar-refractivity contribution < 1.29 is 18.3 Å². The predicted molar refractivity (Wildman–Crippen MR) is 72.8 cm³/mol. The quantitative estimate of drug-likeness (QED) is 0.720. The molecule has 0 amide bonds. The molecule has 0 aliphatic rings. The Morgan fingerprint density at radius 1 is 1.23 bits per heavy atom. The first-order valence-electron chi connectivity index (χ1n) is 6.14. The smallest absolute Gasteiger partial charge is 0.419 e. The van der Waals surface area contributed by atoms with Crippen LogP contribution < -0.4 is 5.73 Å². The number of nitrogens with zero attached hydrogens (tertiary/aromatic N) is 4. The normalized spacial score (nSPS) is 12.0. The highest BCUT2D eigenvalue weighted by Crippen LogP contribution is 2.38. The number of hydrogen-bond acceptors (Lipinski definition) is 5. The standard InChI is InChI=1S/C13H10F3N5O/c1-21-9-5-8(18-12(17)11(9)19-20-21)6-2-3-10(22)7(4-6)13(14,15)16/h2-5,22H,1H3,(H2,17,18). The van der Waals surface area contributed by atoms with Gasteiger partial charge in [0, 0.05) is 12.6 Å². The molecule has 2 aromatic heterocycles. The lowest BCUT2D eigenvalue weighted by atomic mass is 10.1. The van der Waals surface area contributed by atoms with Crippen LogP contribution in [0.2, 0.25) is 0 Å². The molecule has 22 heavy (non-hydrogen) atoms. The Balaban J connectivity index is 2.21. The molecule has 0 fully saturated rings. The largest absolute Gasteiger partial charge is 0.507 e. The van der Waals surface area contributed by atoms with Gasteiger partial charge >= 0.3 is 6.18 Å². The molecule has 0 atom stereocenters. The number of hydrogen-bond donors (Lipinski definition) is 2. The van der Waals surface area contributed by atoms with E-state index in [0.29, 0.717) is 11.0 Å². The number of pyridine rings is 1. The summed E-state index contributed by atoms with van der Waals surface area (Å²) in [4.78, 5) is 4.05. The molecule has 9 heteroatoms. The maximum Gasteiger partial charge on any atom is 0.419 e. The Morgan fingerprint density at radius 3 is 2.64 bits per heavy atom. The third-order valence-corrected chi connectivity index (χ3v) is 3.22. The fraction of sp³-hybridized carbons (Fsp3) is 0.154. The Labute approximate surface area is 122 Å². The van der Waals surface area contributed by atoms with Crippen LogP contribution >= 0.6 is 0 Å². The number of alkyl halides is 3. The third kappa shape index (κ3) is 2.20. The number of rotatable bonds is 1. The van der Waals surface area contributed by atoms with E-state index in [2.05, 4.69) is 15.3 Å². The number of halogens is 3. The molecule has 6 nitrogen and oxygen atoms in total. The van der Waals surface area contributed by atoms with Crippen LogP contribution in [-0.2, 0) is 13.2 Å². The maximum absolute atomic E-state index is 12.9. The number of nitrogens with two attached hydrogens (primary N) is 1. The number of aromatic hydroxyl groups is 1. The summed E-state index contributed by atoms with van der Waals surface area (Å²) >= 11 is 0. The number of phenols is 1. The molecule has 0 saturated heterocycles. The summed E-state index contributed by atoms with van der Waals surface area (Å²) < 4.78 is 40.0. The zero-order valence-electron chi connectivity index (χ0n) is 11.3. The molecule has 0 unspecified atom stereocenters. The van der Waals surface area contributed by atoms with E-state index < -0.39 is 17.5 Å². The van der Waals surface area contributed by atoms with Crippen molar-refractivity contribution in [3.8, 4) is 17.0 Å². The molecule has 3 rings (SSSR count). The molecule has 3 aromatic rings. The lowest BCUT2D eigenvalue weighted by Crippen LogP contribution is -2.05. The van der Waals surface area contributed by atoms with E-state index in [1.54, 1.807) is 7.05 Å². The minimum absolute atomic E-state index is 0.0715. The molecule has 2 heterocycles. The average molecular weight is 309 g/mol. The summed E-state index contributed by atoms with van der Waals surface area (Å²) in [6.45, 7) is 0. The predicted octanol–water partition coefficient (Wildman–Crippen LogP) is 2.34. The number of aromatic nitrogens is 4. The highest BCUT2D eigenvalue weighted by Gasteiger charge is 2.34. The molecular weight excluding hydrogens is 299 g/mol. The van der Waals surface area contributed by atoms with Gasteiger partial charge in [0.15, 0.2) is 11.3 Å². The third-order valence-electron chi connectivity index (χ3n) is 3.22. The number of nitrogen functional groups attached to an aromatic ring is 1. The van der Waals surface area contributed by atoms with Gasteiger partial charge in [-0.2, -0.15) is 13.2 Å². The number of fused-ring (bicyclic) bond motifs is 1. The summed E-state index contributed by atoms with van der Waals surface area (Å²) in [6.07, 6.45) is -4.66. The van der Waals surface area contributed by atoms with Crippen LogP contribution in [0.5, 0.6) is 5.75 Å². The fourth-order valence-corrected chi connectivity index (χ4v) is 2.12. The van der Waals surface area contributed by atoms with Crippen LogP contribution in [-0.4, -0.2) is 25.1 Å². The van der Waals surface area contributed by atoms with Gasteiger partial charge in [0.2, 0.25) is 0 Å². The number of phenolic OH excluding ortho intramolecular Hbond substituents is 1. The van der Waals surface area contributed by atoms with E-state index in [4.69, 9.17) is 5.73 Å². The second-order valence-electron chi connectivity index (χ2n) is 4.70. The highest BCUT2D eigenvalue weighted by atomic mass is 19.4. The summed E-state index contributed by atoms with van der Waals surface area (Å²) in [7, 11) is 1.64. The lowest BCUT2D eigenvalue weighted by Gasteiger charge is -2.11. The Kier molecular flexibility index (Phi) is 2.94. The molecule has 0 aliphatic carbocycles. The first-order chi connectivity index (χ1) is 10.3. The first kappa shape index (κ1) is 14.1. The Hall–Kier alpha value is -2.84. The molecule has 0 spiro atoms. The van der Waals surface area contributed by atoms with E-state index in [1.165, 1.54) is 16.8 Å². The van der Waals surface area contributed by atoms with Crippen molar-refractivity contribution in [2.75, 3.05) is 5.73 Å². The second-order valence-corrected chi connectivity index (χ2v) is 4.70. The van der Waals surface area contributed by atoms with E-state index in [1.807, 2.05) is 0 Å². The molecule has 3 N–H and O–H groups in total. The molecular formula is C13H10F3N5O. The summed E-state index contributed by atoms with van der Waals surface area (Å²) in [6, 6.07) is 4.68. The molecule has 0 radical (unpaired) electrons. The van der Waals surface area contributed by atoms with E-state index in [-0.39, 0.29) is 17.1 Å². The molecule has 0 aliphatic heterocycles. The summed E-state index contributed by atoms with van der Waals surface area (Å²) in [5, 5.41) is 17.0. The van der Waals surface area contributed by atoms with Crippen molar-refractivity contribution in [2.24, 2.45) is 7.05 Å². The van der Waals surface area contributed by atoms with Gasteiger partial charge in [-0.1, -0.05) is 5.21 Å². The van der Waals surface area contributed by atoms with Gasteiger partial charge in [-0.05, 0) is 24.3 Å². The van der Waals surface area contributed by atoms with Gasteiger partial charge in [-0.25, -0.2) is 9.67 Å². The van der Waals surface area contributed by atoms with Gasteiger partial charge in [0.05, 0.1) is 16.8 Å². The van der Waals surface area contributed by atoms with Crippen molar-refractivity contribution in [1.82, 2.24) is 20.0 Å². The van der Waals surface area contributed by atoms with Gasteiger partial charge < -0.3 is 10.8 Å². The molecule has 0 saturated carbocycles. The monoisotopic (exact) mass is 309 g/mol. The van der Waals surface area contributed by atoms with Crippen molar-refractivity contribution in [1.29, 1.82) is 0 Å². The first-order valence-corrected chi connectivity index (χ1v) is 6.14. The number of anilines is 1. The minimum Gasteiger partial charge on any atom is -0.507 e. The van der Waals surface area contributed by atoms with Crippen LogP contribution in [0.1, 0.15) is 5.56 Å². The summed E-state index contributed by atoms with van der Waals surface area (Å²) in [5.74, 6) is -0.769. The van der Waals surface area contributed by atoms with Crippen LogP contribution in [0.15, 0.2) is 24.3 Å². The Morgan fingerprint density at radius 2 is 1.95 bits per heavy atom. The van der Waals surface area contributed by atoms with Gasteiger partial charge in [-0.15, -0.1) is 5.10 Å². The summed E-state index contributed by atoms with van der Waals surface area (Å²) in [5.41, 5.74) is 5.97. The molecule has 1 aromatic carbocycles. The zero-order chi connectivity index (χ0) is 16.1. The second kappa shape index (κ2) is 4.58. The minimum atomic E-state index is -4.66. The fourth-order valence-electron chi connectivity index (χ4n) is 2.12. The van der Waals surface area contributed by atoms with E-state index in [9.17, 15) is 18.3 Å². The van der Waals surface area contributed by atoms with Crippen molar-refractivity contribution >= 4 is 16.9 Å². The number of benzene rings is 1. The van der Waals surface area contributed by atoms with Crippen molar-refractivity contribution in [2.45, 2.75) is 6.18 Å². The van der Waals surface area contributed by atoms with E-state index >= 15 is 0 Å². The van der Waals surface area contributed by atoms with Crippen LogP contribution in [0.25, 0.3) is 22.3 Å². The van der Waals surface area contributed by atoms with Crippen molar-refractivity contribution in [3.05, 3.63) is 29.8 Å².